The molecule has 2 aromatic carbocycles. The van der Waals surface area contributed by atoms with E-state index in [0.29, 0.717) is 0 Å². The lowest BCUT2D eigenvalue weighted by atomic mass is 10.1. The van der Waals surface area contributed by atoms with E-state index >= 15 is 0 Å². The summed E-state index contributed by atoms with van der Waals surface area (Å²) in [7, 11) is 1.56. The second kappa shape index (κ2) is 7.37. The minimum atomic E-state index is -2.88. The van der Waals surface area contributed by atoms with E-state index in [1.165, 1.54) is 23.1 Å². The summed E-state index contributed by atoms with van der Waals surface area (Å²) < 4.78 is 41.4. The number of alkyl halides is 2. The van der Waals surface area contributed by atoms with E-state index in [0.717, 1.165) is 17.7 Å². The minimum absolute atomic E-state index is 0.0301. The predicted molar refractivity (Wildman–Crippen MR) is 80.3 cm³/mol. The topological polar surface area (TPSA) is 29.5 Å². The maximum atomic E-state index is 13.0. The number of halogens is 4. The zero-order valence-corrected chi connectivity index (χ0v) is 12.9. The van der Waals surface area contributed by atoms with Crippen molar-refractivity contribution in [2.45, 2.75) is 13.2 Å². The first-order chi connectivity index (χ1) is 10.9. The Hall–Kier alpha value is -2.21. The molecule has 122 valence electrons. The number of carbonyl (C=O) groups excluding carboxylic acids is 1. The summed E-state index contributed by atoms with van der Waals surface area (Å²) in [5.74, 6) is -0.856. The minimum Gasteiger partial charge on any atom is -0.435 e. The van der Waals surface area contributed by atoms with E-state index in [9.17, 15) is 18.0 Å². The Bertz CT molecular complexity index is 692. The molecule has 0 saturated carbocycles. The van der Waals surface area contributed by atoms with Crippen LogP contribution in [0.15, 0.2) is 42.5 Å². The molecule has 7 heteroatoms. The molecule has 0 unspecified atom stereocenters. The van der Waals surface area contributed by atoms with E-state index in [2.05, 4.69) is 4.74 Å². The third kappa shape index (κ3) is 4.63. The van der Waals surface area contributed by atoms with Crippen LogP contribution in [0.3, 0.4) is 0 Å². The maximum Gasteiger partial charge on any atom is 0.387 e. The van der Waals surface area contributed by atoms with Crippen molar-refractivity contribution in [1.29, 1.82) is 0 Å². The highest BCUT2D eigenvalue weighted by atomic mass is 35.5. The molecular formula is C16H13ClF3NO2. The standard InChI is InChI=1S/C16H13ClF3NO2/c1-21(15(22)13-7-4-11(18)8-14(13)17)9-10-2-5-12(6-3-10)23-16(19)20/h2-8,16H,9H2,1H3. The molecule has 0 heterocycles. The first kappa shape index (κ1) is 17.1. The molecular weight excluding hydrogens is 331 g/mol. The van der Waals surface area contributed by atoms with Gasteiger partial charge in [-0.15, -0.1) is 0 Å². The Labute approximate surface area is 136 Å². The lowest BCUT2D eigenvalue weighted by Gasteiger charge is -2.18. The van der Waals surface area contributed by atoms with Gasteiger partial charge in [0.05, 0.1) is 10.6 Å². The molecule has 23 heavy (non-hydrogen) atoms. The molecule has 2 rings (SSSR count). The van der Waals surface area contributed by atoms with Crippen molar-refractivity contribution in [3.8, 4) is 5.75 Å². The molecule has 0 spiro atoms. The number of hydrogen-bond acceptors (Lipinski definition) is 2. The van der Waals surface area contributed by atoms with Crippen molar-refractivity contribution < 1.29 is 22.7 Å². The van der Waals surface area contributed by atoms with Gasteiger partial charge in [0.25, 0.3) is 5.91 Å². The average molecular weight is 344 g/mol. The fraction of sp³-hybridized carbons (Fsp3) is 0.188. The van der Waals surface area contributed by atoms with Crippen LogP contribution < -0.4 is 4.74 Å². The van der Waals surface area contributed by atoms with Crippen molar-refractivity contribution in [2.75, 3.05) is 7.05 Å². The van der Waals surface area contributed by atoms with Crippen molar-refractivity contribution in [3.63, 3.8) is 0 Å². The molecule has 0 aliphatic rings. The van der Waals surface area contributed by atoms with Crippen LogP contribution >= 0.6 is 11.6 Å². The summed E-state index contributed by atoms with van der Waals surface area (Å²) in [5, 5.41) is 0.0301. The first-order valence-electron chi connectivity index (χ1n) is 6.61. The van der Waals surface area contributed by atoms with Gasteiger partial charge in [0.15, 0.2) is 0 Å². The van der Waals surface area contributed by atoms with Crippen LogP contribution in [0.4, 0.5) is 13.2 Å². The van der Waals surface area contributed by atoms with E-state index in [1.54, 1.807) is 19.2 Å². The summed E-state index contributed by atoms with van der Waals surface area (Å²) in [6.07, 6.45) is 0. The van der Waals surface area contributed by atoms with Crippen molar-refractivity contribution in [1.82, 2.24) is 4.90 Å². The molecule has 0 fully saturated rings. The SMILES string of the molecule is CN(Cc1ccc(OC(F)F)cc1)C(=O)c1ccc(F)cc1Cl. The van der Waals surface area contributed by atoms with Crippen LogP contribution in [-0.2, 0) is 6.54 Å². The predicted octanol–water partition coefficient (Wildman–Crippen LogP) is 4.35. The lowest BCUT2D eigenvalue weighted by Crippen LogP contribution is -2.26. The fourth-order valence-electron chi connectivity index (χ4n) is 1.99. The van der Waals surface area contributed by atoms with Gasteiger partial charge in [0.2, 0.25) is 0 Å². The van der Waals surface area contributed by atoms with Gasteiger partial charge in [0, 0.05) is 13.6 Å². The van der Waals surface area contributed by atoms with Gasteiger partial charge in [0.1, 0.15) is 11.6 Å². The average Bonchev–Trinajstić information content (AvgIpc) is 2.48. The lowest BCUT2D eigenvalue weighted by molar-refractivity contribution is -0.0498. The van der Waals surface area contributed by atoms with Crippen LogP contribution in [0.1, 0.15) is 15.9 Å². The molecule has 2 aromatic rings. The number of amides is 1. The summed E-state index contributed by atoms with van der Waals surface area (Å²) >= 11 is 5.87. The zero-order valence-electron chi connectivity index (χ0n) is 12.1. The number of ether oxygens (including phenoxy) is 1. The molecule has 0 saturated heterocycles. The third-order valence-electron chi connectivity index (χ3n) is 3.08. The number of hydrogen-bond donors (Lipinski definition) is 0. The van der Waals surface area contributed by atoms with Gasteiger partial charge in [-0.2, -0.15) is 8.78 Å². The highest BCUT2D eigenvalue weighted by molar-refractivity contribution is 6.33. The summed E-state index contributed by atoms with van der Waals surface area (Å²) in [5.41, 5.74) is 0.911. The van der Waals surface area contributed by atoms with Crippen molar-refractivity contribution >= 4 is 17.5 Å². The Morgan fingerprint density at radius 1 is 1.22 bits per heavy atom. The van der Waals surface area contributed by atoms with Crippen LogP contribution in [0, 0.1) is 5.82 Å². The van der Waals surface area contributed by atoms with Crippen molar-refractivity contribution in [3.05, 3.63) is 64.4 Å². The molecule has 1 amide bonds. The second-order valence-corrected chi connectivity index (χ2v) is 5.22. The van der Waals surface area contributed by atoms with Gasteiger partial charge in [-0.25, -0.2) is 4.39 Å². The zero-order chi connectivity index (χ0) is 17.0. The molecule has 0 radical (unpaired) electrons. The van der Waals surface area contributed by atoms with Gasteiger partial charge < -0.3 is 9.64 Å². The molecule has 0 atom stereocenters. The quantitative estimate of drug-likeness (QED) is 0.807. The smallest absolute Gasteiger partial charge is 0.387 e. The largest absolute Gasteiger partial charge is 0.435 e. The normalized spacial score (nSPS) is 10.7. The molecule has 0 bridgehead atoms. The van der Waals surface area contributed by atoms with Crippen LogP contribution in [0.25, 0.3) is 0 Å². The monoisotopic (exact) mass is 343 g/mol. The highest BCUT2D eigenvalue weighted by Crippen LogP contribution is 2.20. The Kier molecular flexibility index (Phi) is 5.50. The van der Waals surface area contributed by atoms with Gasteiger partial charge in [-0.3, -0.25) is 4.79 Å². The molecule has 0 aromatic heterocycles. The molecule has 0 aliphatic heterocycles. The third-order valence-corrected chi connectivity index (χ3v) is 3.39. The van der Waals surface area contributed by atoms with Gasteiger partial charge in [-0.05, 0) is 35.9 Å². The number of nitrogens with zero attached hydrogens (tertiary/aromatic N) is 1. The van der Waals surface area contributed by atoms with E-state index in [4.69, 9.17) is 11.6 Å². The van der Waals surface area contributed by atoms with E-state index in [1.807, 2.05) is 0 Å². The van der Waals surface area contributed by atoms with E-state index < -0.39 is 12.4 Å². The summed E-state index contributed by atoms with van der Waals surface area (Å²) in [6.45, 7) is -2.65. The number of benzene rings is 2. The Morgan fingerprint density at radius 3 is 2.43 bits per heavy atom. The summed E-state index contributed by atoms with van der Waals surface area (Å²) in [4.78, 5) is 13.7. The molecule has 0 aliphatic carbocycles. The molecule has 3 nitrogen and oxygen atoms in total. The Morgan fingerprint density at radius 2 is 1.87 bits per heavy atom. The van der Waals surface area contributed by atoms with Crippen LogP contribution in [-0.4, -0.2) is 24.5 Å². The van der Waals surface area contributed by atoms with Gasteiger partial charge >= 0.3 is 6.61 Å². The van der Waals surface area contributed by atoms with Crippen molar-refractivity contribution in [2.24, 2.45) is 0 Å². The maximum absolute atomic E-state index is 13.0. The van der Waals surface area contributed by atoms with Gasteiger partial charge in [-0.1, -0.05) is 23.7 Å². The van der Waals surface area contributed by atoms with Crippen LogP contribution in [0.2, 0.25) is 5.02 Å². The number of rotatable bonds is 5. The first-order valence-corrected chi connectivity index (χ1v) is 6.99. The Balaban J connectivity index is 2.06. The van der Waals surface area contributed by atoms with E-state index in [-0.39, 0.29) is 28.8 Å². The molecule has 0 N–H and O–H groups in total. The second-order valence-electron chi connectivity index (χ2n) is 4.81. The summed E-state index contributed by atoms with van der Waals surface area (Å²) in [6, 6.07) is 9.48. The highest BCUT2D eigenvalue weighted by Gasteiger charge is 2.16. The fourth-order valence-corrected chi connectivity index (χ4v) is 2.24. The number of carbonyl (C=O) groups is 1. The van der Waals surface area contributed by atoms with Crippen LogP contribution in [0.5, 0.6) is 5.75 Å².